The van der Waals surface area contributed by atoms with Crippen molar-refractivity contribution in [1.29, 1.82) is 5.26 Å². The zero-order chi connectivity index (χ0) is 36.3. The molecule has 0 aliphatic heterocycles. The molecule has 54 heavy (non-hydrogen) atoms. The minimum absolute atomic E-state index is 0.636. The lowest BCUT2D eigenvalue weighted by Gasteiger charge is -2.13. The first kappa shape index (κ1) is 32.4. The van der Waals surface area contributed by atoms with Crippen LogP contribution in [0.3, 0.4) is 0 Å². The lowest BCUT2D eigenvalue weighted by Crippen LogP contribution is -1.96. The molecule has 5 heteroatoms. The number of nitriles is 1. The Morgan fingerprint density at radius 2 is 0.741 bits per heavy atom. The Kier molecular flexibility index (Phi) is 8.53. The van der Waals surface area contributed by atoms with E-state index in [4.69, 9.17) is 19.9 Å². The first-order chi connectivity index (χ1) is 26.7. The Balaban J connectivity index is 1.07. The fourth-order valence-corrected chi connectivity index (χ4v) is 6.74. The van der Waals surface area contributed by atoms with Gasteiger partial charge in [-0.05, 0) is 58.7 Å². The second kappa shape index (κ2) is 14.2. The number of fused-ring (bicyclic) bond motifs is 1. The maximum atomic E-state index is 9.39. The minimum atomic E-state index is 0.636. The van der Waals surface area contributed by atoms with Gasteiger partial charge in [-0.1, -0.05) is 152 Å². The highest BCUT2D eigenvalue weighted by Crippen LogP contribution is 2.35. The molecule has 9 aromatic rings. The molecular formula is C49H31N5. The molecule has 0 saturated heterocycles. The molecular weight excluding hydrogens is 659 g/mol. The predicted octanol–water partition coefficient (Wildman–Crippen LogP) is 12.0. The van der Waals surface area contributed by atoms with Crippen LogP contribution >= 0.6 is 0 Å². The molecule has 5 nitrogen and oxygen atoms in total. The van der Waals surface area contributed by atoms with Gasteiger partial charge in [0.15, 0.2) is 5.82 Å². The quantitative estimate of drug-likeness (QED) is 0.166. The molecule has 2 heterocycles. The van der Waals surface area contributed by atoms with Crippen molar-refractivity contribution in [1.82, 2.24) is 19.9 Å². The number of benzene rings is 7. The van der Waals surface area contributed by atoms with Gasteiger partial charge in [-0.2, -0.15) is 5.26 Å². The van der Waals surface area contributed by atoms with Crippen LogP contribution < -0.4 is 0 Å². The van der Waals surface area contributed by atoms with Crippen molar-refractivity contribution in [3.8, 4) is 84.7 Å². The summed E-state index contributed by atoms with van der Waals surface area (Å²) in [6.45, 7) is 0. The van der Waals surface area contributed by atoms with E-state index in [1.807, 2.05) is 84.9 Å². The molecule has 252 valence electrons. The van der Waals surface area contributed by atoms with Gasteiger partial charge in [0.25, 0.3) is 0 Å². The number of nitrogens with zero attached hydrogens (tertiary/aromatic N) is 5. The normalized spacial score (nSPS) is 10.9. The van der Waals surface area contributed by atoms with Gasteiger partial charge in [0.05, 0.1) is 45.4 Å². The lowest BCUT2D eigenvalue weighted by atomic mass is 9.97. The van der Waals surface area contributed by atoms with E-state index in [-0.39, 0.29) is 0 Å². The van der Waals surface area contributed by atoms with Gasteiger partial charge in [0.2, 0.25) is 0 Å². The van der Waals surface area contributed by atoms with Crippen molar-refractivity contribution in [2.24, 2.45) is 0 Å². The summed E-state index contributed by atoms with van der Waals surface area (Å²) in [5, 5.41) is 9.39. The highest BCUT2D eigenvalue weighted by molar-refractivity contribution is 5.87. The summed E-state index contributed by atoms with van der Waals surface area (Å²) in [6.07, 6.45) is 0. The van der Waals surface area contributed by atoms with E-state index in [2.05, 4.69) is 109 Å². The Bertz CT molecular complexity index is 2750. The van der Waals surface area contributed by atoms with Crippen LogP contribution in [0.25, 0.3) is 89.7 Å². The third kappa shape index (κ3) is 6.52. The molecule has 7 aromatic carbocycles. The van der Waals surface area contributed by atoms with Crippen molar-refractivity contribution in [3.63, 3.8) is 0 Å². The predicted molar refractivity (Wildman–Crippen MR) is 218 cm³/mol. The highest BCUT2D eigenvalue weighted by atomic mass is 14.9. The Hall–Kier alpha value is -7.55. The molecule has 0 aliphatic carbocycles. The van der Waals surface area contributed by atoms with E-state index in [1.54, 1.807) is 0 Å². The van der Waals surface area contributed by atoms with Crippen LogP contribution in [0.5, 0.6) is 0 Å². The number of rotatable bonds is 7. The molecule has 0 fully saturated rings. The van der Waals surface area contributed by atoms with Crippen LogP contribution in [0.1, 0.15) is 5.56 Å². The van der Waals surface area contributed by atoms with Crippen LogP contribution in [0.4, 0.5) is 0 Å². The van der Waals surface area contributed by atoms with E-state index in [0.717, 1.165) is 83.9 Å². The van der Waals surface area contributed by atoms with Gasteiger partial charge in [-0.3, -0.25) is 0 Å². The SMILES string of the molecule is N#Cc1cccc(-c2ccc(-c3nc4ccccc4nc3-c3ccc(-c4cccc(-c5nc(-c6ccccc6)cc(-c6ccccc6)n5)c4)cc3)cc2)c1. The summed E-state index contributed by atoms with van der Waals surface area (Å²) in [5.41, 5.74) is 14.8. The fourth-order valence-electron chi connectivity index (χ4n) is 6.74. The zero-order valence-electron chi connectivity index (χ0n) is 29.1. The molecule has 0 bridgehead atoms. The van der Waals surface area contributed by atoms with Crippen LogP contribution in [0.15, 0.2) is 188 Å². The van der Waals surface area contributed by atoms with Crippen LogP contribution in [-0.2, 0) is 0 Å². The molecule has 0 N–H and O–H groups in total. The summed E-state index contributed by atoms with van der Waals surface area (Å²) in [7, 11) is 0. The molecule has 0 saturated carbocycles. The number of aromatic nitrogens is 4. The van der Waals surface area contributed by atoms with Crippen molar-refractivity contribution < 1.29 is 0 Å². The van der Waals surface area contributed by atoms with E-state index in [0.29, 0.717) is 11.4 Å². The average Bonchev–Trinajstić information content (AvgIpc) is 3.26. The number of hydrogen-bond acceptors (Lipinski definition) is 5. The largest absolute Gasteiger partial charge is 0.244 e. The van der Waals surface area contributed by atoms with Gasteiger partial charge in [-0.25, -0.2) is 19.9 Å². The zero-order valence-corrected chi connectivity index (χ0v) is 29.1. The highest BCUT2D eigenvalue weighted by Gasteiger charge is 2.15. The second-order valence-corrected chi connectivity index (χ2v) is 13.0. The standard InChI is InChI=1S/C49H31N5/c50-32-33-11-9-16-40(29-33)34-21-25-38(26-22-34)47-48(52-44-20-8-7-19-43(44)51-47)39-27-23-35(24-28-39)41-17-10-18-42(30-41)49-53-45(36-12-3-1-4-13-36)31-46(54-49)37-14-5-2-6-15-37/h1-31H. The summed E-state index contributed by atoms with van der Waals surface area (Å²) in [6, 6.07) is 65.6. The van der Waals surface area contributed by atoms with Crippen molar-refractivity contribution in [3.05, 3.63) is 194 Å². The Morgan fingerprint density at radius 3 is 1.26 bits per heavy atom. The Morgan fingerprint density at radius 1 is 0.315 bits per heavy atom. The Labute approximate surface area is 313 Å². The van der Waals surface area contributed by atoms with E-state index in [9.17, 15) is 5.26 Å². The van der Waals surface area contributed by atoms with Gasteiger partial charge < -0.3 is 0 Å². The lowest BCUT2D eigenvalue weighted by molar-refractivity contribution is 1.18. The summed E-state index contributed by atoms with van der Waals surface area (Å²) in [5.74, 6) is 0.675. The maximum Gasteiger partial charge on any atom is 0.160 e. The van der Waals surface area contributed by atoms with Crippen molar-refractivity contribution in [2.75, 3.05) is 0 Å². The molecule has 9 rings (SSSR count). The monoisotopic (exact) mass is 689 g/mol. The summed E-state index contributed by atoms with van der Waals surface area (Å²) < 4.78 is 0. The van der Waals surface area contributed by atoms with E-state index < -0.39 is 0 Å². The first-order valence-electron chi connectivity index (χ1n) is 17.8. The molecule has 0 atom stereocenters. The van der Waals surface area contributed by atoms with E-state index in [1.165, 1.54) is 0 Å². The third-order valence-corrected chi connectivity index (χ3v) is 9.53. The third-order valence-electron chi connectivity index (χ3n) is 9.53. The molecule has 0 radical (unpaired) electrons. The van der Waals surface area contributed by atoms with Crippen LogP contribution in [-0.4, -0.2) is 19.9 Å². The van der Waals surface area contributed by atoms with Gasteiger partial charge in [-0.15, -0.1) is 0 Å². The maximum absolute atomic E-state index is 9.39. The summed E-state index contributed by atoms with van der Waals surface area (Å²) in [4.78, 5) is 20.3. The molecule has 0 unspecified atom stereocenters. The summed E-state index contributed by atoms with van der Waals surface area (Å²) >= 11 is 0. The fraction of sp³-hybridized carbons (Fsp3) is 0. The number of hydrogen-bond donors (Lipinski definition) is 0. The van der Waals surface area contributed by atoms with Crippen LogP contribution in [0, 0.1) is 11.3 Å². The molecule has 0 amide bonds. The van der Waals surface area contributed by atoms with Crippen molar-refractivity contribution >= 4 is 11.0 Å². The van der Waals surface area contributed by atoms with E-state index >= 15 is 0 Å². The van der Waals surface area contributed by atoms with Gasteiger partial charge in [0.1, 0.15) is 0 Å². The molecule has 2 aromatic heterocycles. The van der Waals surface area contributed by atoms with Gasteiger partial charge >= 0.3 is 0 Å². The molecule has 0 aliphatic rings. The minimum Gasteiger partial charge on any atom is -0.244 e. The van der Waals surface area contributed by atoms with Crippen LogP contribution in [0.2, 0.25) is 0 Å². The molecule has 0 spiro atoms. The second-order valence-electron chi connectivity index (χ2n) is 13.0. The van der Waals surface area contributed by atoms with Gasteiger partial charge in [0, 0.05) is 27.8 Å². The van der Waals surface area contributed by atoms with Crippen molar-refractivity contribution in [2.45, 2.75) is 0 Å². The topological polar surface area (TPSA) is 75.3 Å². The smallest absolute Gasteiger partial charge is 0.160 e. The number of para-hydroxylation sites is 2. The average molecular weight is 690 g/mol. The first-order valence-corrected chi connectivity index (χ1v) is 17.8.